The van der Waals surface area contributed by atoms with Crippen molar-refractivity contribution in [2.24, 2.45) is 11.1 Å². The number of nitrogens with two attached hydrogens (primary N) is 2. The van der Waals surface area contributed by atoms with E-state index < -0.39 is 0 Å². The first kappa shape index (κ1) is 21.1. The van der Waals surface area contributed by atoms with E-state index in [4.69, 9.17) is 28.1 Å². The van der Waals surface area contributed by atoms with E-state index in [9.17, 15) is 5.11 Å². The van der Waals surface area contributed by atoms with Crippen molar-refractivity contribution in [2.75, 3.05) is 23.7 Å². The lowest BCUT2D eigenvalue weighted by atomic mass is 9.75. The number of piperidine rings is 1. The molecule has 28 heavy (non-hydrogen) atoms. The number of aliphatic hydroxyl groups excluding tert-OH is 1. The second-order valence-electron chi connectivity index (χ2n) is 7.58. The molecule has 0 aliphatic carbocycles. The third-order valence-corrected chi connectivity index (χ3v) is 7.27. The molecule has 9 heteroatoms. The molecule has 1 aliphatic rings. The highest BCUT2D eigenvalue weighted by Crippen LogP contribution is 2.38. The van der Waals surface area contributed by atoms with Gasteiger partial charge in [0.15, 0.2) is 5.82 Å². The highest BCUT2D eigenvalue weighted by atomic mass is 35.5. The number of pyridine rings is 1. The van der Waals surface area contributed by atoms with E-state index in [-0.39, 0.29) is 23.9 Å². The molecule has 0 saturated carbocycles. The minimum Gasteiger partial charge on any atom is -0.390 e. The van der Waals surface area contributed by atoms with Crippen LogP contribution in [0.15, 0.2) is 22.2 Å². The quantitative estimate of drug-likeness (QED) is 0.673. The van der Waals surface area contributed by atoms with Gasteiger partial charge in [-0.05, 0) is 38.2 Å². The minimum atomic E-state index is -0.177. The Hall–Kier alpha value is -1.61. The summed E-state index contributed by atoms with van der Waals surface area (Å²) in [4.78, 5) is 16.4. The number of hydrogen-bond donors (Lipinski definition) is 3. The van der Waals surface area contributed by atoms with Crippen molar-refractivity contribution in [2.45, 2.75) is 56.2 Å². The highest BCUT2D eigenvalue weighted by Gasteiger charge is 2.34. The van der Waals surface area contributed by atoms with Crippen molar-refractivity contribution in [3.05, 3.63) is 28.7 Å². The van der Waals surface area contributed by atoms with Gasteiger partial charge in [-0.1, -0.05) is 30.3 Å². The Bertz CT molecular complexity index is 855. The zero-order chi connectivity index (χ0) is 20.5. The van der Waals surface area contributed by atoms with E-state index in [0.717, 1.165) is 42.3 Å². The van der Waals surface area contributed by atoms with Crippen molar-refractivity contribution in [3.63, 3.8) is 0 Å². The summed E-state index contributed by atoms with van der Waals surface area (Å²) in [5.74, 6) is 1.03. The first-order chi connectivity index (χ1) is 13.2. The maximum Gasteiger partial charge on any atom is 0.153 e. The first-order valence-corrected chi connectivity index (χ1v) is 10.5. The molecule has 0 bridgehead atoms. The third kappa shape index (κ3) is 4.20. The maximum absolute atomic E-state index is 9.91. The van der Waals surface area contributed by atoms with Crippen LogP contribution in [-0.2, 0) is 6.61 Å². The highest BCUT2D eigenvalue weighted by molar-refractivity contribution is 7.99. The van der Waals surface area contributed by atoms with Gasteiger partial charge >= 0.3 is 0 Å². The van der Waals surface area contributed by atoms with Crippen molar-refractivity contribution in [1.82, 2.24) is 15.0 Å². The van der Waals surface area contributed by atoms with E-state index >= 15 is 0 Å². The smallest absolute Gasteiger partial charge is 0.153 e. The van der Waals surface area contributed by atoms with Gasteiger partial charge in [0.2, 0.25) is 0 Å². The van der Waals surface area contributed by atoms with Gasteiger partial charge in [0.1, 0.15) is 16.5 Å². The number of anilines is 2. The Labute approximate surface area is 174 Å². The second-order valence-corrected chi connectivity index (χ2v) is 8.99. The predicted molar refractivity (Wildman–Crippen MR) is 114 cm³/mol. The summed E-state index contributed by atoms with van der Waals surface area (Å²) in [5, 5.41) is 11.0. The SMILES string of the molecule is Cc1nc(N2CCC(C)(C(C)N)CC2)c(CO)nc1Sc1ccnc(N)c1Cl. The van der Waals surface area contributed by atoms with Crippen LogP contribution >= 0.6 is 23.4 Å². The number of aliphatic hydroxyl groups is 1. The molecule has 1 unspecified atom stereocenters. The van der Waals surface area contributed by atoms with Gasteiger partial charge in [0, 0.05) is 30.2 Å². The van der Waals surface area contributed by atoms with Crippen molar-refractivity contribution in [1.29, 1.82) is 0 Å². The summed E-state index contributed by atoms with van der Waals surface area (Å²) in [5.41, 5.74) is 13.4. The molecule has 3 rings (SSSR count). The van der Waals surface area contributed by atoms with Crippen LogP contribution in [0.25, 0.3) is 0 Å². The number of nitrogens with zero attached hydrogens (tertiary/aromatic N) is 4. The zero-order valence-corrected chi connectivity index (χ0v) is 18.0. The van der Waals surface area contributed by atoms with Crippen LogP contribution in [0, 0.1) is 12.3 Å². The molecule has 5 N–H and O–H groups in total. The van der Waals surface area contributed by atoms with Crippen LogP contribution in [0.2, 0.25) is 5.02 Å². The Morgan fingerprint density at radius 1 is 1.36 bits per heavy atom. The van der Waals surface area contributed by atoms with E-state index in [0.29, 0.717) is 15.7 Å². The first-order valence-electron chi connectivity index (χ1n) is 9.32. The minimum absolute atomic E-state index is 0.131. The number of hydrogen-bond acceptors (Lipinski definition) is 8. The van der Waals surface area contributed by atoms with E-state index in [1.54, 1.807) is 12.3 Å². The van der Waals surface area contributed by atoms with Crippen LogP contribution in [0.5, 0.6) is 0 Å². The molecular weight excluding hydrogens is 396 g/mol. The summed E-state index contributed by atoms with van der Waals surface area (Å²) >= 11 is 7.62. The molecule has 1 aliphatic heterocycles. The Kier molecular flexibility index (Phi) is 6.34. The molecule has 7 nitrogen and oxygen atoms in total. The summed E-state index contributed by atoms with van der Waals surface area (Å²) < 4.78 is 0. The number of aromatic nitrogens is 3. The fourth-order valence-electron chi connectivity index (χ4n) is 3.29. The number of rotatable bonds is 5. The molecule has 2 aromatic heterocycles. The standard InChI is InChI=1S/C19H27ClN6OS/c1-11-18(28-14-4-7-23-16(22)15(14)20)25-13(10-27)17(24-11)26-8-5-19(3,6-9-26)12(2)21/h4,7,12,27H,5-6,8-10,21H2,1-3H3,(H2,22,23). The van der Waals surface area contributed by atoms with Gasteiger partial charge in [-0.3, -0.25) is 0 Å². The van der Waals surface area contributed by atoms with Crippen LogP contribution in [0.4, 0.5) is 11.6 Å². The Balaban J connectivity index is 1.85. The zero-order valence-electron chi connectivity index (χ0n) is 16.4. The van der Waals surface area contributed by atoms with Gasteiger partial charge in [-0.25, -0.2) is 15.0 Å². The topological polar surface area (TPSA) is 114 Å². The summed E-state index contributed by atoms with van der Waals surface area (Å²) in [7, 11) is 0. The van der Waals surface area contributed by atoms with Gasteiger partial charge in [-0.2, -0.15) is 0 Å². The fraction of sp³-hybridized carbons (Fsp3) is 0.526. The Morgan fingerprint density at radius 3 is 2.64 bits per heavy atom. The molecule has 0 amide bonds. The summed E-state index contributed by atoms with van der Waals surface area (Å²) in [6, 6.07) is 1.94. The number of nitrogen functional groups attached to an aromatic ring is 1. The molecule has 0 aromatic carbocycles. The van der Waals surface area contributed by atoms with Crippen LogP contribution < -0.4 is 16.4 Å². The average Bonchev–Trinajstić information content (AvgIpc) is 2.67. The van der Waals surface area contributed by atoms with Gasteiger partial charge in [0.25, 0.3) is 0 Å². The largest absolute Gasteiger partial charge is 0.390 e. The maximum atomic E-state index is 9.91. The lowest BCUT2D eigenvalue weighted by Crippen LogP contribution is -2.47. The van der Waals surface area contributed by atoms with Crippen LogP contribution in [0.3, 0.4) is 0 Å². The fourth-order valence-corrected chi connectivity index (χ4v) is 4.40. The monoisotopic (exact) mass is 422 g/mol. The number of aryl methyl sites for hydroxylation is 1. The molecule has 3 heterocycles. The van der Waals surface area contributed by atoms with E-state index in [1.807, 2.05) is 6.92 Å². The molecule has 0 spiro atoms. The molecule has 0 radical (unpaired) electrons. The van der Waals surface area contributed by atoms with Gasteiger partial charge in [-0.15, -0.1) is 0 Å². The predicted octanol–water partition coefficient (Wildman–Crippen LogP) is 3.01. The lowest BCUT2D eigenvalue weighted by Gasteiger charge is -2.42. The summed E-state index contributed by atoms with van der Waals surface area (Å²) in [6.45, 7) is 7.74. The molecule has 1 fully saturated rings. The van der Waals surface area contributed by atoms with Crippen molar-refractivity contribution >= 4 is 35.0 Å². The normalized spacial score (nSPS) is 17.6. The lowest BCUT2D eigenvalue weighted by molar-refractivity contribution is 0.204. The molecule has 1 saturated heterocycles. The Morgan fingerprint density at radius 2 is 2.04 bits per heavy atom. The van der Waals surface area contributed by atoms with E-state index in [1.165, 1.54) is 11.8 Å². The summed E-state index contributed by atoms with van der Waals surface area (Å²) in [6.07, 6.45) is 3.58. The third-order valence-electron chi connectivity index (χ3n) is 5.62. The van der Waals surface area contributed by atoms with Gasteiger partial charge in [0.05, 0.1) is 17.3 Å². The van der Waals surface area contributed by atoms with Crippen LogP contribution in [0.1, 0.15) is 38.1 Å². The molecule has 1 atom stereocenters. The van der Waals surface area contributed by atoms with Crippen LogP contribution in [-0.4, -0.2) is 39.2 Å². The molecular formula is C19H27ClN6OS. The van der Waals surface area contributed by atoms with Gasteiger partial charge < -0.3 is 21.5 Å². The number of halogens is 1. The average molecular weight is 423 g/mol. The molecule has 2 aromatic rings. The molecule has 152 valence electrons. The van der Waals surface area contributed by atoms with Crippen molar-refractivity contribution < 1.29 is 5.11 Å². The van der Waals surface area contributed by atoms with Crippen molar-refractivity contribution in [3.8, 4) is 0 Å². The second kappa shape index (κ2) is 8.41. The van der Waals surface area contributed by atoms with E-state index in [2.05, 4.69) is 28.7 Å².